The molecule has 2 N–H and O–H groups in total. The minimum Gasteiger partial charge on any atom is -0.396 e. The third-order valence-corrected chi connectivity index (χ3v) is 4.10. The fraction of sp³-hybridized carbons (Fsp3) is 0.583. The van der Waals surface area contributed by atoms with Crippen LogP contribution in [0.5, 0.6) is 0 Å². The lowest BCUT2D eigenvalue weighted by atomic mass is 10.2. The monoisotopic (exact) mass is 319 g/mol. The van der Waals surface area contributed by atoms with Crippen LogP contribution in [-0.4, -0.2) is 24.2 Å². The van der Waals surface area contributed by atoms with Crippen LogP contribution in [0.3, 0.4) is 0 Å². The molecule has 17 heavy (non-hydrogen) atoms. The average molecular weight is 320 g/mol. The Balaban J connectivity index is 2.12. The number of nitrogens with one attached hydrogen (secondary N) is 1. The Labute approximate surface area is 114 Å². The highest BCUT2D eigenvalue weighted by Crippen LogP contribution is 2.23. The first-order valence-corrected chi connectivity index (χ1v) is 7.34. The molecule has 3 nitrogen and oxygen atoms in total. The first-order chi connectivity index (χ1) is 8.11. The number of thiophene rings is 1. The Kier molecular flexibility index (Phi) is 6.77. The number of aliphatic hydroxyl groups is 1. The molecule has 0 bridgehead atoms. The van der Waals surface area contributed by atoms with E-state index in [1.807, 2.05) is 13.0 Å². The summed E-state index contributed by atoms with van der Waals surface area (Å²) in [5, 5.41) is 11.6. The minimum absolute atomic E-state index is 0.0703. The molecule has 0 aliphatic carbocycles. The minimum atomic E-state index is 0.0703. The van der Waals surface area contributed by atoms with Crippen LogP contribution in [0.1, 0.15) is 24.6 Å². The van der Waals surface area contributed by atoms with Gasteiger partial charge in [0.05, 0.1) is 3.79 Å². The topological polar surface area (TPSA) is 49.3 Å². The van der Waals surface area contributed by atoms with E-state index in [4.69, 9.17) is 5.11 Å². The molecule has 0 saturated carbocycles. The molecule has 5 heteroatoms. The predicted octanol–water partition coefficient (Wildman–Crippen LogP) is 2.58. The van der Waals surface area contributed by atoms with Crippen LogP contribution in [0.4, 0.5) is 0 Å². The summed E-state index contributed by atoms with van der Waals surface area (Å²) in [7, 11) is 0. The van der Waals surface area contributed by atoms with Crippen molar-refractivity contribution in [3.8, 4) is 0 Å². The molecule has 0 saturated heterocycles. The SMILES string of the molecule is CC(CO)CNC(=O)CCCc1ccc(Br)s1. The molecule has 96 valence electrons. The number of carbonyl (C=O) groups is 1. The van der Waals surface area contributed by atoms with E-state index in [0.717, 1.165) is 16.6 Å². The van der Waals surface area contributed by atoms with Gasteiger partial charge in [0.2, 0.25) is 5.91 Å². The maximum atomic E-state index is 11.5. The predicted molar refractivity (Wildman–Crippen MR) is 74.2 cm³/mol. The van der Waals surface area contributed by atoms with Crippen LogP contribution in [0.15, 0.2) is 15.9 Å². The maximum absolute atomic E-state index is 11.5. The lowest BCUT2D eigenvalue weighted by Crippen LogP contribution is -2.29. The first kappa shape index (κ1) is 14.7. The summed E-state index contributed by atoms with van der Waals surface area (Å²) >= 11 is 5.13. The van der Waals surface area contributed by atoms with E-state index < -0.39 is 0 Å². The standard InChI is InChI=1S/C12H18BrNO2S/c1-9(8-15)7-14-12(16)4-2-3-10-5-6-11(13)17-10/h5-6,9,15H,2-4,7-8H2,1H3,(H,14,16). The number of halogens is 1. The van der Waals surface area contributed by atoms with Crippen LogP contribution < -0.4 is 5.32 Å². The zero-order valence-electron chi connectivity index (χ0n) is 9.91. The van der Waals surface area contributed by atoms with Crippen molar-refractivity contribution in [3.05, 3.63) is 20.8 Å². The van der Waals surface area contributed by atoms with Crippen molar-refractivity contribution < 1.29 is 9.90 Å². The molecule has 1 aromatic heterocycles. The van der Waals surface area contributed by atoms with Gasteiger partial charge in [0.25, 0.3) is 0 Å². The van der Waals surface area contributed by atoms with E-state index in [2.05, 4.69) is 27.3 Å². The summed E-state index contributed by atoms with van der Waals surface area (Å²) in [5.41, 5.74) is 0. The lowest BCUT2D eigenvalue weighted by molar-refractivity contribution is -0.121. The van der Waals surface area contributed by atoms with E-state index in [-0.39, 0.29) is 18.4 Å². The number of rotatable bonds is 7. The van der Waals surface area contributed by atoms with Crippen molar-refractivity contribution in [2.75, 3.05) is 13.2 Å². The Hall–Kier alpha value is -0.390. The summed E-state index contributed by atoms with van der Waals surface area (Å²) in [6.07, 6.45) is 2.36. The molecule has 0 fully saturated rings. The number of hydrogen-bond acceptors (Lipinski definition) is 3. The molecule has 0 aliphatic rings. The van der Waals surface area contributed by atoms with Gasteiger partial charge in [0.15, 0.2) is 0 Å². The van der Waals surface area contributed by atoms with Crippen LogP contribution >= 0.6 is 27.3 Å². The summed E-state index contributed by atoms with van der Waals surface area (Å²) in [5.74, 6) is 0.202. The van der Waals surface area contributed by atoms with Gasteiger partial charge in [0, 0.05) is 24.4 Å². The third kappa shape index (κ3) is 6.19. The molecular formula is C12H18BrNO2S. The van der Waals surface area contributed by atoms with Crippen LogP contribution in [0.2, 0.25) is 0 Å². The molecule has 1 rings (SSSR count). The summed E-state index contributed by atoms with van der Waals surface area (Å²) in [4.78, 5) is 12.8. The van der Waals surface area contributed by atoms with E-state index in [1.165, 1.54) is 4.88 Å². The second-order valence-corrected chi connectivity index (χ2v) is 6.70. The summed E-state index contributed by atoms with van der Waals surface area (Å²) in [6.45, 7) is 2.58. The fourth-order valence-corrected chi connectivity index (χ4v) is 2.88. The van der Waals surface area contributed by atoms with Gasteiger partial charge in [0.1, 0.15) is 0 Å². The molecular weight excluding hydrogens is 302 g/mol. The van der Waals surface area contributed by atoms with Gasteiger partial charge in [-0.05, 0) is 46.8 Å². The van der Waals surface area contributed by atoms with Crippen molar-refractivity contribution in [1.82, 2.24) is 5.32 Å². The Morgan fingerprint density at radius 2 is 2.35 bits per heavy atom. The number of aryl methyl sites for hydroxylation is 1. The first-order valence-electron chi connectivity index (χ1n) is 5.73. The van der Waals surface area contributed by atoms with E-state index in [1.54, 1.807) is 11.3 Å². The van der Waals surface area contributed by atoms with Crippen molar-refractivity contribution in [2.24, 2.45) is 5.92 Å². The van der Waals surface area contributed by atoms with Gasteiger partial charge < -0.3 is 10.4 Å². The third-order valence-electron chi connectivity index (χ3n) is 2.42. The van der Waals surface area contributed by atoms with E-state index in [9.17, 15) is 4.79 Å². The molecule has 1 aromatic rings. The highest BCUT2D eigenvalue weighted by Gasteiger charge is 2.05. The largest absolute Gasteiger partial charge is 0.396 e. The van der Waals surface area contributed by atoms with Gasteiger partial charge in [-0.3, -0.25) is 4.79 Å². The van der Waals surface area contributed by atoms with Crippen molar-refractivity contribution in [3.63, 3.8) is 0 Å². The highest BCUT2D eigenvalue weighted by atomic mass is 79.9. The normalized spacial score (nSPS) is 12.4. The molecule has 1 amide bonds. The van der Waals surface area contributed by atoms with Gasteiger partial charge >= 0.3 is 0 Å². The smallest absolute Gasteiger partial charge is 0.220 e. The number of aliphatic hydroxyl groups excluding tert-OH is 1. The Morgan fingerprint density at radius 3 is 2.94 bits per heavy atom. The average Bonchev–Trinajstić information content (AvgIpc) is 2.72. The van der Waals surface area contributed by atoms with Crippen molar-refractivity contribution >= 4 is 33.2 Å². The van der Waals surface area contributed by atoms with Gasteiger partial charge in [-0.15, -0.1) is 11.3 Å². The zero-order chi connectivity index (χ0) is 12.7. The Morgan fingerprint density at radius 1 is 1.59 bits per heavy atom. The second kappa shape index (κ2) is 7.84. The van der Waals surface area contributed by atoms with Crippen molar-refractivity contribution in [1.29, 1.82) is 0 Å². The number of hydrogen-bond donors (Lipinski definition) is 2. The van der Waals surface area contributed by atoms with Crippen molar-refractivity contribution in [2.45, 2.75) is 26.2 Å². The highest BCUT2D eigenvalue weighted by molar-refractivity contribution is 9.11. The molecule has 0 radical (unpaired) electrons. The molecule has 0 spiro atoms. The molecule has 1 atom stereocenters. The Bertz CT molecular complexity index is 354. The fourth-order valence-electron chi connectivity index (χ4n) is 1.35. The quantitative estimate of drug-likeness (QED) is 0.811. The molecule has 1 unspecified atom stereocenters. The molecule has 0 aromatic carbocycles. The van der Waals surface area contributed by atoms with Crippen LogP contribution in [-0.2, 0) is 11.2 Å². The maximum Gasteiger partial charge on any atom is 0.220 e. The molecule has 1 heterocycles. The zero-order valence-corrected chi connectivity index (χ0v) is 12.3. The molecule has 0 aliphatic heterocycles. The van der Waals surface area contributed by atoms with E-state index >= 15 is 0 Å². The van der Waals surface area contributed by atoms with Gasteiger partial charge in [-0.1, -0.05) is 6.92 Å². The second-order valence-electron chi connectivity index (χ2n) is 4.15. The van der Waals surface area contributed by atoms with Crippen LogP contribution in [0, 0.1) is 5.92 Å². The van der Waals surface area contributed by atoms with Gasteiger partial charge in [-0.25, -0.2) is 0 Å². The number of carbonyl (C=O) groups excluding carboxylic acids is 1. The van der Waals surface area contributed by atoms with E-state index in [0.29, 0.717) is 13.0 Å². The van der Waals surface area contributed by atoms with Gasteiger partial charge in [-0.2, -0.15) is 0 Å². The lowest BCUT2D eigenvalue weighted by Gasteiger charge is -2.09. The number of amides is 1. The summed E-state index contributed by atoms with van der Waals surface area (Å²) in [6, 6.07) is 4.11. The summed E-state index contributed by atoms with van der Waals surface area (Å²) < 4.78 is 1.13. The van der Waals surface area contributed by atoms with Crippen LogP contribution in [0.25, 0.3) is 0 Å².